The molecule has 0 spiro atoms. The van der Waals surface area contributed by atoms with Crippen molar-refractivity contribution < 1.29 is 0 Å². The van der Waals surface area contributed by atoms with E-state index in [-0.39, 0.29) is 0 Å². The van der Waals surface area contributed by atoms with Crippen LogP contribution in [-0.4, -0.2) is 41.0 Å². The van der Waals surface area contributed by atoms with E-state index in [1.807, 2.05) is 0 Å². The fourth-order valence-electron chi connectivity index (χ4n) is 2.05. The molecule has 0 aromatic carbocycles. The van der Waals surface area contributed by atoms with Crippen LogP contribution in [-0.2, 0) is 0 Å². The molecule has 1 aliphatic rings. The molecular weight excluding hydrogens is 202 g/mol. The fraction of sp³-hybridized carbons (Fsp3) is 0.636. The first-order valence-electron chi connectivity index (χ1n) is 5.77. The number of anilines is 2. The van der Waals surface area contributed by atoms with Gasteiger partial charge in [0.05, 0.1) is 12.4 Å². The van der Waals surface area contributed by atoms with E-state index in [4.69, 9.17) is 5.73 Å². The Morgan fingerprint density at radius 3 is 3.00 bits per heavy atom. The highest BCUT2D eigenvalue weighted by Crippen LogP contribution is 2.15. The number of piperidine rings is 1. The van der Waals surface area contributed by atoms with Crippen molar-refractivity contribution in [1.29, 1.82) is 0 Å². The molecule has 2 heterocycles. The van der Waals surface area contributed by atoms with Crippen LogP contribution < -0.4 is 11.1 Å². The maximum Gasteiger partial charge on any atom is 0.144 e. The molecule has 1 atom stereocenters. The molecule has 1 aliphatic heterocycles. The van der Waals surface area contributed by atoms with E-state index in [0.29, 0.717) is 11.9 Å². The summed E-state index contributed by atoms with van der Waals surface area (Å²) in [6, 6.07) is 0.605. The number of hydrogen-bond donors (Lipinski definition) is 2. The van der Waals surface area contributed by atoms with Crippen LogP contribution in [0.4, 0.5) is 11.6 Å². The van der Waals surface area contributed by atoms with Crippen LogP contribution in [0.25, 0.3) is 0 Å². The van der Waals surface area contributed by atoms with Crippen LogP contribution in [0.1, 0.15) is 19.3 Å². The number of nitrogens with zero attached hydrogens (tertiary/aromatic N) is 3. The number of nitrogens with two attached hydrogens (primary N) is 1. The van der Waals surface area contributed by atoms with Crippen molar-refractivity contribution in [2.45, 2.75) is 25.3 Å². The first-order valence-corrected chi connectivity index (χ1v) is 5.77. The summed E-state index contributed by atoms with van der Waals surface area (Å²) in [5, 5.41) is 3.30. The van der Waals surface area contributed by atoms with Gasteiger partial charge in [-0.15, -0.1) is 0 Å². The first-order chi connectivity index (χ1) is 7.75. The molecule has 0 aliphatic carbocycles. The smallest absolute Gasteiger partial charge is 0.144 e. The Balaban J connectivity index is 1.84. The maximum atomic E-state index is 5.48. The molecule has 1 unspecified atom stereocenters. The van der Waals surface area contributed by atoms with Gasteiger partial charge in [-0.25, -0.2) is 9.97 Å². The number of nitrogens with one attached hydrogen (secondary N) is 1. The molecule has 1 saturated heterocycles. The summed E-state index contributed by atoms with van der Waals surface area (Å²) in [5.41, 5.74) is 5.48. The molecule has 0 bridgehead atoms. The molecule has 88 valence electrons. The van der Waals surface area contributed by atoms with Gasteiger partial charge in [0.15, 0.2) is 0 Å². The standard InChI is InChI=1S/C11H19N5/c1-16-5-3-2-4-9(16)6-14-11-8-13-10(12)7-15-11/h7-9H,2-6H2,1H3,(H2,12,13)(H,14,15). The van der Waals surface area contributed by atoms with Gasteiger partial charge in [0, 0.05) is 12.6 Å². The Hall–Kier alpha value is -1.36. The van der Waals surface area contributed by atoms with E-state index in [1.165, 1.54) is 25.8 Å². The predicted octanol–water partition coefficient (Wildman–Crippen LogP) is 0.955. The fourth-order valence-corrected chi connectivity index (χ4v) is 2.05. The highest BCUT2D eigenvalue weighted by Gasteiger charge is 2.18. The van der Waals surface area contributed by atoms with Crippen molar-refractivity contribution in [2.24, 2.45) is 0 Å². The van der Waals surface area contributed by atoms with E-state index in [9.17, 15) is 0 Å². The normalized spacial score (nSPS) is 21.9. The Morgan fingerprint density at radius 2 is 2.31 bits per heavy atom. The van der Waals surface area contributed by atoms with Gasteiger partial charge in [-0.1, -0.05) is 6.42 Å². The average Bonchev–Trinajstić information content (AvgIpc) is 2.30. The number of nitrogen functional groups attached to an aromatic ring is 1. The van der Waals surface area contributed by atoms with Gasteiger partial charge in [0.1, 0.15) is 11.6 Å². The van der Waals surface area contributed by atoms with Crippen molar-refractivity contribution in [3.8, 4) is 0 Å². The summed E-state index contributed by atoms with van der Waals surface area (Å²) >= 11 is 0. The van der Waals surface area contributed by atoms with Crippen LogP contribution in [0.15, 0.2) is 12.4 Å². The third-order valence-corrected chi connectivity index (χ3v) is 3.11. The van der Waals surface area contributed by atoms with Crippen LogP contribution in [0.5, 0.6) is 0 Å². The van der Waals surface area contributed by atoms with Crippen molar-refractivity contribution >= 4 is 11.6 Å². The van der Waals surface area contributed by atoms with E-state index < -0.39 is 0 Å². The third-order valence-electron chi connectivity index (χ3n) is 3.11. The molecule has 5 nitrogen and oxygen atoms in total. The molecule has 5 heteroatoms. The highest BCUT2D eigenvalue weighted by atomic mass is 15.2. The molecule has 1 aromatic rings. The summed E-state index contributed by atoms with van der Waals surface area (Å²) in [6.07, 6.45) is 7.15. The Labute approximate surface area is 96.1 Å². The molecule has 0 radical (unpaired) electrons. The summed E-state index contributed by atoms with van der Waals surface area (Å²) in [6.45, 7) is 2.12. The molecule has 16 heavy (non-hydrogen) atoms. The van der Waals surface area contributed by atoms with Crippen LogP contribution in [0.3, 0.4) is 0 Å². The van der Waals surface area contributed by atoms with Gasteiger partial charge >= 0.3 is 0 Å². The summed E-state index contributed by atoms with van der Waals surface area (Å²) in [7, 11) is 2.18. The van der Waals surface area contributed by atoms with E-state index in [0.717, 1.165) is 12.4 Å². The van der Waals surface area contributed by atoms with Crippen molar-refractivity contribution in [3.05, 3.63) is 12.4 Å². The van der Waals surface area contributed by atoms with Crippen molar-refractivity contribution in [3.63, 3.8) is 0 Å². The quantitative estimate of drug-likeness (QED) is 0.795. The molecule has 1 fully saturated rings. The van der Waals surface area contributed by atoms with Gasteiger partial charge in [-0.2, -0.15) is 0 Å². The highest BCUT2D eigenvalue weighted by molar-refractivity contribution is 5.36. The van der Waals surface area contributed by atoms with E-state index in [1.54, 1.807) is 12.4 Å². The van der Waals surface area contributed by atoms with Crippen molar-refractivity contribution in [1.82, 2.24) is 14.9 Å². The molecule has 0 saturated carbocycles. The lowest BCUT2D eigenvalue weighted by Gasteiger charge is -2.32. The minimum Gasteiger partial charge on any atom is -0.382 e. The lowest BCUT2D eigenvalue weighted by molar-refractivity contribution is 0.194. The van der Waals surface area contributed by atoms with Crippen LogP contribution >= 0.6 is 0 Å². The third kappa shape index (κ3) is 2.82. The van der Waals surface area contributed by atoms with Gasteiger partial charge in [0.25, 0.3) is 0 Å². The topological polar surface area (TPSA) is 67.1 Å². The molecule has 3 N–H and O–H groups in total. The minimum absolute atomic E-state index is 0.459. The Morgan fingerprint density at radius 1 is 1.44 bits per heavy atom. The van der Waals surface area contributed by atoms with Crippen molar-refractivity contribution in [2.75, 3.05) is 31.2 Å². The first kappa shape index (κ1) is 11.1. The molecule has 1 aromatic heterocycles. The molecule has 0 amide bonds. The van der Waals surface area contributed by atoms with Crippen LogP contribution in [0.2, 0.25) is 0 Å². The van der Waals surface area contributed by atoms with E-state index in [2.05, 4.69) is 27.2 Å². The Bertz CT molecular complexity index is 324. The number of hydrogen-bond acceptors (Lipinski definition) is 5. The zero-order chi connectivity index (χ0) is 11.4. The number of likely N-dealkylation sites (tertiary alicyclic amines) is 1. The lowest BCUT2D eigenvalue weighted by Crippen LogP contribution is -2.40. The zero-order valence-corrected chi connectivity index (χ0v) is 9.69. The second-order valence-corrected chi connectivity index (χ2v) is 4.34. The monoisotopic (exact) mass is 221 g/mol. The second kappa shape index (κ2) is 5.12. The largest absolute Gasteiger partial charge is 0.382 e. The number of likely N-dealkylation sites (N-methyl/N-ethyl adjacent to an activating group) is 1. The summed E-state index contributed by atoms with van der Waals surface area (Å²) in [5.74, 6) is 1.26. The average molecular weight is 221 g/mol. The summed E-state index contributed by atoms with van der Waals surface area (Å²) < 4.78 is 0. The lowest BCUT2D eigenvalue weighted by atomic mass is 10.0. The molecule has 2 rings (SSSR count). The van der Waals surface area contributed by atoms with Gasteiger partial charge < -0.3 is 16.0 Å². The SMILES string of the molecule is CN1CCCCC1CNc1cnc(N)cn1. The number of aromatic nitrogens is 2. The molecular formula is C11H19N5. The zero-order valence-electron chi connectivity index (χ0n) is 9.69. The van der Waals surface area contributed by atoms with Gasteiger partial charge in [-0.3, -0.25) is 0 Å². The van der Waals surface area contributed by atoms with Gasteiger partial charge in [0.2, 0.25) is 0 Å². The summed E-state index contributed by atoms with van der Waals surface area (Å²) in [4.78, 5) is 10.6. The van der Waals surface area contributed by atoms with Gasteiger partial charge in [-0.05, 0) is 26.4 Å². The van der Waals surface area contributed by atoms with Crippen LogP contribution in [0, 0.1) is 0 Å². The minimum atomic E-state index is 0.459. The predicted molar refractivity (Wildman–Crippen MR) is 65.2 cm³/mol. The van der Waals surface area contributed by atoms with E-state index >= 15 is 0 Å². The number of rotatable bonds is 3. The maximum absolute atomic E-state index is 5.48. The Kier molecular flexibility index (Phi) is 3.56. The second-order valence-electron chi connectivity index (χ2n) is 4.34.